The van der Waals surface area contributed by atoms with Crippen LogP contribution in [0.4, 0.5) is 5.69 Å². The van der Waals surface area contributed by atoms with Crippen LogP contribution in [-0.2, 0) is 21.2 Å². The minimum atomic E-state index is -3.58. The SMILES string of the molecule is CCc1ccc(N(CC(=O)O)S(=O)(=O)CC)cc1. The average molecular weight is 271 g/mol. The van der Waals surface area contributed by atoms with E-state index in [2.05, 4.69) is 0 Å². The van der Waals surface area contributed by atoms with E-state index in [1.54, 1.807) is 24.3 Å². The quantitative estimate of drug-likeness (QED) is 0.850. The molecule has 0 atom stereocenters. The second-order valence-corrected chi connectivity index (χ2v) is 6.00. The first-order chi connectivity index (χ1) is 8.40. The molecule has 0 saturated carbocycles. The molecule has 0 amide bonds. The van der Waals surface area contributed by atoms with Gasteiger partial charge in [-0.2, -0.15) is 0 Å². The van der Waals surface area contributed by atoms with E-state index in [-0.39, 0.29) is 5.75 Å². The number of carboxylic acids is 1. The first-order valence-electron chi connectivity index (χ1n) is 5.71. The number of carboxylic acid groups (broad SMARTS) is 1. The Balaban J connectivity index is 3.13. The van der Waals surface area contributed by atoms with E-state index in [0.717, 1.165) is 16.3 Å². The van der Waals surface area contributed by atoms with E-state index in [9.17, 15) is 13.2 Å². The molecule has 0 radical (unpaired) electrons. The van der Waals surface area contributed by atoms with Gasteiger partial charge in [-0.25, -0.2) is 8.42 Å². The van der Waals surface area contributed by atoms with E-state index >= 15 is 0 Å². The first-order valence-corrected chi connectivity index (χ1v) is 7.32. The van der Waals surface area contributed by atoms with Crippen molar-refractivity contribution in [3.05, 3.63) is 29.8 Å². The molecule has 1 N–H and O–H groups in total. The number of benzene rings is 1. The predicted octanol–water partition coefficient (Wildman–Crippen LogP) is 1.49. The fourth-order valence-corrected chi connectivity index (χ4v) is 2.59. The smallest absolute Gasteiger partial charge is 0.324 e. The topological polar surface area (TPSA) is 74.7 Å². The van der Waals surface area contributed by atoms with Crippen LogP contribution < -0.4 is 4.31 Å². The van der Waals surface area contributed by atoms with Crippen LogP contribution in [-0.4, -0.2) is 31.8 Å². The minimum Gasteiger partial charge on any atom is -0.480 e. The van der Waals surface area contributed by atoms with Gasteiger partial charge >= 0.3 is 5.97 Å². The molecule has 100 valence electrons. The third-order valence-corrected chi connectivity index (χ3v) is 4.35. The second kappa shape index (κ2) is 5.86. The fourth-order valence-electron chi connectivity index (χ4n) is 1.53. The van der Waals surface area contributed by atoms with Gasteiger partial charge in [-0.3, -0.25) is 9.10 Å². The molecule has 1 aromatic rings. The van der Waals surface area contributed by atoms with Crippen LogP contribution in [0.15, 0.2) is 24.3 Å². The van der Waals surface area contributed by atoms with E-state index in [0.29, 0.717) is 5.69 Å². The Kier molecular flexibility index (Phi) is 4.72. The number of sulfonamides is 1. The number of hydrogen-bond acceptors (Lipinski definition) is 3. The maximum absolute atomic E-state index is 11.9. The zero-order valence-electron chi connectivity index (χ0n) is 10.5. The molecule has 6 heteroatoms. The molecule has 0 aliphatic carbocycles. The van der Waals surface area contributed by atoms with Crippen LogP contribution in [0, 0.1) is 0 Å². The first kappa shape index (κ1) is 14.5. The standard InChI is InChI=1S/C12H17NO4S/c1-3-10-5-7-11(8-6-10)13(9-12(14)15)18(16,17)4-2/h5-8H,3-4,9H2,1-2H3,(H,14,15). The number of aliphatic carboxylic acids is 1. The Labute approximate surface area is 107 Å². The van der Waals surface area contributed by atoms with Gasteiger partial charge in [0.05, 0.1) is 11.4 Å². The lowest BCUT2D eigenvalue weighted by atomic mass is 10.1. The van der Waals surface area contributed by atoms with Crippen molar-refractivity contribution in [2.45, 2.75) is 20.3 Å². The van der Waals surface area contributed by atoms with Crippen LogP contribution >= 0.6 is 0 Å². The Bertz CT molecular complexity index is 507. The third kappa shape index (κ3) is 3.46. The molecular formula is C12H17NO4S. The van der Waals surface area contributed by atoms with Gasteiger partial charge in [0.25, 0.3) is 0 Å². The predicted molar refractivity (Wildman–Crippen MR) is 70.3 cm³/mol. The second-order valence-electron chi connectivity index (χ2n) is 3.82. The van der Waals surface area contributed by atoms with Crippen LogP contribution in [0.25, 0.3) is 0 Å². The molecule has 1 rings (SSSR count). The van der Waals surface area contributed by atoms with E-state index < -0.39 is 22.5 Å². The van der Waals surface area contributed by atoms with Crippen molar-refractivity contribution < 1.29 is 18.3 Å². The summed E-state index contributed by atoms with van der Waals surface area (Å²) >= 11 is 0. The number of rotatable bonds is 6. The molecular weight excluding hydrogens is 254 g/mol. The lowest BCUT2D eigenvalue weighted by Gasteiger charge is -2.22. The van der Waals surface area contributed by atoms with Gasteiger partial charge in [-0.1, -0.05) is 19.1 Å². The van der Waals surface area contributed by atoms with Gasteiger partial charge in [0.1, 0.15) is 6.54 Å². The summed E-state index contributed by atoms with van der Waals surface area (Å²) in [7, 11) is -3.58. The van der Waals surface area contributed by atoms with Crippen molar-refractivity contribution in [2.75, 3.05) is 16.6 Å². The summed E-state index contributed by atoms with van der Waals surface area (Å²) in [6, 6.07) is 6.87. The fraction of sp³-hybridized carbons (Fsp3) is 0.417. The Morgan fingerprint density at radius 2 is 1.78 bits per heavy atom. The summed E-state index contributed by atoms with van der Waals surface area (Å²) in [6.07, 6.45) is 0.847. The zero-order valence-corrected chi connectivity index (χ0v) is 11.3. The normalized spacial score (nSPS) is 11.2. The van der Waals surface area contributed by atoms with Gasteiger partial charge in [-0.15, -0.1) is 0 Å². The van der Waals surface area contributed by atoms with Gasteiger partial charge in [0, 0.05) is 0 Å². The molecule has 5 nitrogen and oxygen atoms in total. The molecule has 1 aromatic carbocycles. The van der Waals surface area contributed by atoms with Crippen LogP contribution in [0.1, 0.15) is 19.4 Å². The molecule has 0 saturated heterocycles. The van der Waals surface area contributed by atoms with Crippen molar-refractivity contribution in [1.29, 1.82) is 0 Å². The number of nitrogens with zero attached hydrogens (tertiary/aromatic N) is 1. The van der Waals surface area contributed by atoms with Gasteiger partial charge in [0.15, 0.2) is 0 Å². The molecule has 0 aliphatic heterocycles. The van der Waals surface area contributed by atoms with E-state index in [4.69, 9.17) is 5.11 Å². The molecule has 0 fully saturated rings. The van der Waals surface area contributed by atoms with Crippen molar-refractivity contribution >= 4 is 21.7 Å². The highest BCUT2D eigenvalue weighted by Crippen LogP contribution is 2.19. The molecule has 18 heavy (non-hydrogen) atoms. The van der Waals surface area contributed by atoms with Gasteiger partial charge in [0.2, 0.25) is 10.0 Å². The van der Waals surface area contributed by atoms with Gasteiger partial charge < -0.3 is 5.11 Å². The van der Waals surface area contributed by atoms with Gasteiger partial charge in [-0.05, 0) is 31.0 Å². The zero-order chi connectivity index (χ0) is 13.8. The maximum Gasteiger partial charge on any atom is 0.324 e. The Hall–Kier alpha value is -1.56. The van der Waals surface area contributed by atoms with Crippen molar-refractivity contribution in [2.24, 2.45) is 0 Å². The lowest BCUT2D eigenvalue weighted by molar-refractivity contribution is -0.135. The molecule has 0 unspecified atom stereocenters. The summed E-state index contributed by atoms with van der Waals surface area (Å²) in [5, 5.41) is 8.80. The number of anilines is 1. The summed E-state index contributed by atoms with van der Waals surface area (Å²) in [6.45, 7) is 2.93. The van der Waals surface area contributed by atoms with Crippen molar-refractivity contribution in [3.8, 4) is 0 Å². The molecule has 0 bridgehead atoms. The van der Waals surface area contributed by atoms with Crippen LogP contribution in [0.2, 0.25) is 0 Å². The Morgan fingerprint density at radius 1 is 1.22 bits per heavy atom. The molecule has 0 spiro atoms. The molecule has 0 aromatic heterocycles. The highest BCUT2D eigenvalue weighted by atomic mass is 32.2. The van der Waals surface area contributed by atoms with Crippen LogP contribution in [0.3, 0.4) is 0 Å². The highest BCUT2D eigenvalue weighted by Gasteiger charge is 2.22. The summed E-state index contributed by atoms with van der Waals surface area (Å²) in [4.78, 5) is 10.8. The Morgan fingerprint density at radius 3 is 2.17 bits per heavy atom. The maximum atomic E-state index is 11.9. The monoisotopic (exact) mass is 271 g/mol. The van der Waals surface area contributed by atoms with Crippen LogP contribution in [0.5, 0.6) is 0 Å². The largest absolute Gasteiger partial charge is 0.480 e. The number of aryl methyl sites for hydroxylation is 1. The average Bonchev–Trinajstić information content (AvgIpc) is 2.36. The lowest BCUT2D eigenvalue weighted by Crippen LogP contribution is -2.36. The molecule has 0 aliphatic rings. The minimum absolute atomic E-state index is 0.129. The summed E-state index contributed by atoms with van der Waals surface area (Å²) < 4.78 is 24.6. The number of carbonyl (C=O) groups is 1. The summed E-state index contributed by atoms with van der Waals surface area (Å²) in [5.41, 5.74) is 1.46. The highest BCUT2D eigenvalue weighted by molar-refractivity contribution is 7.92. The third-order valence-electron chi connectivity index (χ3n) is 2.61. The van der Waals surface area contributed by atoms with E-state index in [1.807, 2.05) is 6.92 Å². The van der Waals surface area contributed by atoms with Crippen molar-refractivity contribution in [1.82, 2.24) is 0 Å². The number of hydrogen-bond donors (Lipinski definition) is 1. The van der Waals surface area contributed by atoms with E-state index in [1.165, 1.54) is 6.92 Å². The molecule has 0 heterocycles. The van der Waals surface area contributed by atoms with Crippen molar-refractivity contribution in [3.63, 3.8) is 0 Å². The summed E-state index contributed by atoms with van der Waals surface area (Å²) in [5.74, 6) is -1.30.